The number of aryl methyl sites for hydroxylation is 3. The lowest BCUT2D eigenvalue weighted by atomic mass is 10.2. The van der Waals surface area contributed by atoms with Crippen LogP contribution in [0.4, 0.5) is 4.39 Å². The number of benzene rings is 1. The lowest BCUT2D eigenvalue weighted by molar-refractivity contribution is 0.463. The van der Waals surface area contributed by atoms with Crippen LogP contribution in [0.25, 0.3) is 5.69 Å². The number of oxazole rings is 1. The third-order valence-electron chi connectivity index (χ3n) is 4.26. The van der Waals surface area contributed by atoms with Gasteiger partial charge in [-0.15, -0.1) is 0 Å². The van der Waals surface area contributed by atoms with Crippen LogP contribution in [0.1, 0.15) is 28.7 Å². The summed E-state index contributed by atoms with van der Waals surface area (Å²) < 4.78 is 21.7. The molecule has 8 heteroatoms. The second kappa shape index (κ2) is 8.03. The minimum absolute atomic E-state index is 0.302. The van der Waals surface area contributed by atoms with Crippen LogP contribution in [-0.4, -0.2) is 27.5 Å². The van der Waals surface area contributed by atoms with E-state index in [0.717, 1.165) is 22.8 Å². The number of nitrogens with one attached hydrogen (secondary N) is 2. The van der Waals surface area contributed by atoms with Gasteiger partial charge < -0.3 is 19.6 Å². The SMILES string of the molecule is CN=C(NCc1ccc(-n2ccnc2C)c(F)c1)NCc1nc(C)c(C)o1. The van der Waals surface area contributed by atoms with Crippen molar-refractivity contribution in [1.82, 2.24) is 25.2 Å². The predicted octanol–water partition coefficient (Wildman–Crippen LogP) is 2.79. The van der Waals surface area contributed by atoms with Crippen LogP contribution in [-0.2, 0) is 13.1 Å². The van der Waals surface area contributed by atoms with Gasteiger partial charge >= 0.3 is 0 Å². The average Bonchev–Trinajstić information content (AvgIpc) is 3.20. The van der Waals surface area contributed by atoms with E-state index in [-0.39, 0.29) is 5.82 Å². The van der Waals surface area contributed by atoms with Gasteiger partial charge in [-0.1, -0.05) is 6.07 Å². The maximum Gasteiger partial charge on any atom is 0.214 e. The fourth-order valence-electron chi connectivity index (χ4n) is 2.67. The predicted molar refractivity (Wildman–Crippen MR) is 101 cm³/mol. The first-order valence-electron chi connectivity index (χ1n) is 8.64. The fraction of sp³-hybridized carbons (Fsp3) is 0.316. The molecule has 0 aliphatic rings. The molecule has 2 heterocycles. The largest absolute Gasteiger partial charge is 0.444 e. The van der Waals surface area contributed by atoms with Gasteiger partial charge in [0.05, 0.1) is 17.9 Å². The van der Waals surface area contributed by atoms with Gasteiger partial charge in [0.1, 0.15) is 17.4 Å². The highest BCUT2D eigenvalue weighted by Crippen LogP contribution is 2.16. The van der Waals surface area contributed by atoms with Gasteiger partial charge in [0.2, 0.25) is 5.89 Å². The summed E-state index contributed by atoms with van der Waals surface area (Å²) >= 11 is 0. The Hall–Kier alpha value is -3.16. The van der Waals surface area contributed by atoms with Gasteiger partial charge in [0.15, 0.2) is 5.96 Å². The summed E-state index contributed by atoms with van der Waals surface area (Å²) in [6.45, 7) is 6.47. The smallest absolute Gasteiger partial charge is 0.214 e. The lowest BCUT2D eigenvalue weighted by Crippen LogP contribution is -2.36. The van der Waals surface area contributed by atoms with E-state index in [0.29, 0.717) is 30.6 Å². The maximum atomic E-state index is 14.5. The Balaban J connectivity index is 1.60. The maximum absolute atomic E-state index is 14.5. The molecule has 3 aromatic rings. The molecular weight excluding hydrogens is 347 g/mol. The minimum atomic E-state index is -0.302. The van der Waals surface area contributed by atoms with E-state index >= 15 is 0 Å². The van der Waals surface area contributed by atoms with Crippen LogP contribution in [0.3, 0.4) is 0 Å². The number of guanidine groups is 1. The Morgan fingerprint density at radius 2 is 2.00 bits per heavy atom. The Bertz CT molecular complexity index is 940. The molecule has 0 saturated heterocycles. The van der Waals surface area contributed by atoms with Gasteiger partial charge in [-0.25, -0.2) is 14.4 Å². The summed E-state index contributed by atoms with van der Waals surface area (Å²) in [6, 6.07) is 5.13. The molecule has 3 rings (SSSR count). The van der Waals surface area contributed by atoms with Crippen molar-refractivity contribution in [2.75, 3.05) is 7.05 Å². The molecule has 0 bridgehead atoms. The molecule has 0 radical (unpaired) electrons. The Morgan fingerprint density at radius 3 is 2.59 bits per heavy atom. The number of rotatable bonds is 5. The number of hydrogen-bond donors (Lipinski definition) is 2. The van der Waals surface area contributed by atoms with E-state index in [1.54, 1.807) is 30.1 Å². The highest BCUT2D eigenvalue weighted by atomic mass is 19.1. The number of hydrogen-bond acceptors (Lipinski definition) is 4. The van der Waals surface area contributed by atoms with Crippen molar-refractivity contribution in [1.29, 1.82) is 0 Å². The van der Waals surface area contributed by atoms with E-state index < -0.39 is 0 Å². The van der Waals surface area contributed by atoms with Crippen LogP contribution < -0.4 is 10.6 Å². The van der Waals surface area contributed by atoms with Crippen LogP contribution in [0, 0.1) is 26.6 Å². The Labute approximate surface area is 157 Å². The molecule has 0 atom stereocenters. The van der Waals surface area contributed by atoms with Gasteiger partial charge in [0.25, 0.3) is 0 Å². The number of aromatic nitrogens is 3. The molecule has 2 N–H and O–H groups in total. The number of nitrogens with zero attached hydrogens (tertiary/aromatic N) is 4. The summed E-state index contributed by atoms with van der Waals surface area (Å²) in [5.74, 6) is 2.42. The zero-order valence-electron chi connectivity index (χ0n) is 15.9. The van der Waals surface area contributed by atoms with Gasteiger partial charge in [-0.05, 0) is 38.5 Å². The third-order valence-corrected chi connectivity index (χ3v) is 4.26. The van der Waals surface area contributed by atoms with Crippen molar-refractivity contribution < 1.29 is 8.81 Å². The molecule has 0 spiro atoms. The standard InChI is InChI=1S/C19H23FN6O/c1-12-13(2)27-18(25-12)11-24-19(21-4)23-10-15-5-6-17(16(20)9-15)26-8-7-22-14(26)3/h5-9H,10-11H2,1-4H3,(H2,21,23,24). The second-order valence-corrected chi connectivity index (χ2v) is 6.16. The van der Waals surface area contributed by atoms with Crippen molar-refractivity contribution in [3.63, 3.8) is 0 Å². The van der Waals surface area contributed by atoms with Crippen molar-refractivity contribution in [3.05, 3.63) is 65.1 Å². The van der Waals surface area contributed by atoms with E-state index in [4.69, 9.17) is 4.42 Å². The molecular formula is C19H23FN6O. The number of imidazole rings is 1. The van der Waals surface area contributed by atoms with Crippen LogP contribution in [0.5, 0.6) is 0 Å². The molecule has 0 amide bonds. The summed E-state index contributed by atoms with van der Waals surface area (Å²) in [5, 5.41) is 6.28. The molecule has 2 aromatic heterocycles. The molecule has 7 nitrogen and oxygen atoms in total. The van der Waals surface area contributed by atoms with Crippen LogP contribution >= 0.6 is 0 Å². The molecule has 0 saturated carbocycles. The molecule has 142 valence electrons. The monoisotopic (exact) mass is 370 g/mol. The summed E-state index contributed by atoms with van der Waals surface area (Å²) in [6.07, 6.45) is 3.39. The van der Waals surface area contributed by atoms with E-state index in [2.05, 4.69) is 25.6 Å². The van der Waals surface area contributed by atoms with Crippen molar-refractivity contribution in [2.45, 2.75) is 33.9 Å². The van der Waals surface area contributed by atoms with Gasteiger partial charge in [-0.3, -0.25) is 4.99 Å². The summed E-state index contributed by atoms with van der Waals surface area (Å²) in [5.41, 5.74) is 2.16. The first kappa shape index (κ1) is 18.6. The van der Waals surface area contributed by atoms with Crippen LogP contribution in [0.15, 0.2) is 40.0 Å². The highest BCUT2D eigenvalue weighted by Gasteiger charge is 2.09. The topological polar surface area (TPSA) is 80.3 Å². The molecule has 0 unspecified atom stereocenters. The lowest BCUT2D eigenvalue weighted by Gasteiger charge is -2.12. The van der Waals surface area contributed by atoms with Gasteiger partial charge in [-0.2, -0.15) is 0 Å². The Kier molecular flexibility index (Phi) is 5.54. The summed E-state index contributed by atoms with van der Waals surface area (Å²) in [4.78, 5) is 12.6. The molecule has 0 fully saturated rings. The first-order valence-corrected chi connectivity index (χ1v) is 8.64. The molecule has 0 aliphatic carbocycles. The molecule has 0 aliphatic heterocycles. The molecule has 27 heavy (non-hydrogen) atoms. The second-order valence-electron chi connectivity index (χ2n) is 6.16. The fourth-order valence-corrected chi connectivity index (χ4v) is 2.67. The van der Waals surface area contributed by atoms with Gasteiger partial charge in [0, 0.05) is 26.0 Å². The van der Waals surface area contributed by atoms with E-state index in [1.807, 2.05) is 26.8 Å². The number of aliphatic imine (C=N–C) groups is 1. The third kappa shape index (κ3) is 4.33. The minimum Gasteiger partial charge on any atom is -0.444 e. The first-order chi connectivity index (χ1) is 13.0. The summed E-state index contributed by atoms with van der Waals surface area (Å²) in [7, 11) is 1.67. The van der Waals surface area contributed by atoms with Crippen molar-refractivity contribution in [3.8, 4) is 5.69 Å². The van der Waals surface area contributed by atoms with Crippen molar-refractivity contribution in [2.24, 2.45) is 4.99 Å². The van der Waals surface area contributed by atoms with Crippen LogP contribution in [0.2, 0.25) is 0 Å². The normalized spacial score (nSPS) is 11.7. The number of halogens is 1. The van der Waals surface area contributed by atoms with Crippen molar-refractivity contribution >= 4 is 5.96 Å². The highest BCUT2D eigenvalue weighted by molar-refractivity contribution is 5.79. The zero-order chi connectivity index (χ0) is 19.4. The van der Waals surface area contributed by atoms with E-state index in [9.17, 15) is 4.39 Å². The molecule has 1 aromatic carbocycles. The quantitative estimate of drug-likeness (QED) is 0.533. The average molecular weight is 370 g/mol. The zero-order valence-corrected chi connectivity index (χ0v) is 15.9. The van der Waals surface area contributed by atoms with E-state index in [1.165, 1.54) is 6.07 Å². The Morgan fingerprint density at radius 1 is 1.22 bits per heavy atom.